The van der Waals surface area contributed by atoms with Gasteiger partial charge in [0.25, 0.3) is 5.91 Å². The molecule has 1 fully saturated rings. The summed E-state index contributed by atoms with van der Waals surface area (Å²) in [5.74, 6) is 0.243. The number of nitrogens with zero attached hydrogens (tertiary/aromatic N) is 2. The normalized spacial score (nSPS) is 19.6. The van der Waals surface area contributed by atoms with Crippen LogP contribution in [0, 0.1) is 12.8 Å². The first-order chi connectivity index (χ1) is 16.7. The first kappa shape index (κ1) is 24.8. The summed E-state index contributed by atoms with van der Waals surface area (Å²) >= 11 is 0. The predicted octanol–water partition coefficient (Wildman–Crippen LogP) is 4.50. The van der Waals surface area contributed by atoms with E-state index in [4.69, 9.17) is 4.74 Å². The molecule has 1 saturated heterocycles. The van der Waals surface area contributed by atoms with Gasteiger partial charge in [0, 0.05) is 48.4 Å². The summed E-state index contributed by atoms with van der Waals surface area (Å²) in [5.41, 5.74) is 4.44. The van der Waals surface area contributed by atoms with E-state index in [9.17, 15) is 9.59 Å². The molecule has 7 heteroatoms. The van der Waals surface area contributed by atoms with E-state index in [0.717, 1.165) is 36.3 Å². The predicted molar refractivity (Wildman–Crippen MR) is 141 cm³/mol. The highest BCUT2D eigenvalue weighted by Crippen LogP contribution is 2.33. The number of carbonyl (C=O) groups excluding carboxylic acids is 2. The van der Waals surface area contributed by atoms with Gasteiger partial charge in [0.1, 0.15) is 5.76 Å². The van der Waals surface area contributed by atoms with E-state index in [-0.39, 0.29) is 17.7 Å². The minimum atomic E-state index is -0.612. The Balaban J connectivity index is 1.36. The molecule has 0 spiro atoms. The van der Waals surface area contributed by atoms with Crippen LogP contribution in [0.15, 0.2) is 48.5 Å². The smallest absolute Gasteiger partial charge is 0.265 e. The van der Waals surface area contributed by atoms with Crippen LogP contribution in [-0.4, -0.2) is 56.0 Å². The lowest BCUT2D eigenvalue weighted by Crippen LogP contribution is -2.31. The van der Waals surface area contributed by atoms with Crippen LogP contribution < -0.4 is 15.5 Å². The number of hydrogen-bond donors (Lipinski definition) is 2. The molecule has 2 aliphatic heterocycles. The minimum Gasteiger partial charge on any atom is -0.480 e. The fourth-order valence-corrected chi connectivity index (χ4v) is 4.43. The summed E-state index contributed by atoms with van der Waals surface area (Å²) in [6, 6.07) is 14.4. The zero-order chi connectivity index (χ0) is 25.1. The molecule has 2 amide bonds. The molecule has 186 valence electrons. The van der Waals surface area contributed by atoms with E-state index in [0.29, 0.717) is 23.9 Å². The molecule has 0 saturated carbocycles. The van der Waals surface area contributed by atoms with E-state index in [1.54, 1.807) is 0 Å². The molecule has 2 aromatic rings. The zero-order valence-electron chi connectivity index (χ0n) is 21.3. The van der Waals surface area contributed by atoms with Gasteiger partial charge >= 0.3 is 0 Å². The molecule has 2 heterocycles. The standard InChI is InChI=1S/C28H36N4O3/c1-18(2)27(33)30-24-16-19(3)6-11-23(24)25-12-13-26(35-25)28(34)29-20-7-9-21(10-8-20)32-15-14-22(17-32)31(4)5/h6-12,16,18,22,26H,13-15,17H2,1-5H3,(H,29,34)(H,30,33). The SMILES string of the molecule is Cc1ccc(C2=CCC(C(=O)Nc3ccc(N4CCC(N(C)C)C4)cc3)O2)c(NC(=O)C(C)C)c1. The average Bonchev–Trinajstić information content (AvgIpc) is 3.50. The number of rotatable bonds is 7. The molecule has 2 aromatic carbocycles. The van der Waals surface area contributed by atoms with E-state index in [2.05, 4.69) is 46.7 Å². The third-order valence-electron chi connectivity index (χ3n) is 6.70. The van der Waals surface area contributed by atoms with Crippen molar-refractivity contribution >= 4 is 34.6 Å². The number of hydrogen-bond acceptors (Lipinski definition) is 5. The van der Waals surface area contributed by atoms with Crippen molar-refractivity contribution in [2.24, 2.45) is 5.92 Å². The Morgan fingerprint density at radius 2 is 1.83 bits per heavy atom. The Hall–Kier alpha value is -3.32. The van der Waals surface area contributed by atoms with Gasteiger partial charge in [0.2, 0.25) is 5.91 Å². The molecule has 2 unspecified atom stereocenters. The molecule has 0 aliphatic carbocycles. The molecule has 2 N–H and O–H groups in total. The molecule has 4 rings (SSSR count). The van der Waals surface area contributed by atoms with Crippen LogP contribution in [0.25, 0.3) is 5.76 Å². The van der Waals surface area contributed by atoms with Crippen LogP contribution >= 0.6 is 0 Å². The van der Waals surface area contributed by atoms with E-state index in [1.165, 1.54) is 5.69 Å². The van der Waals surface area contributed by atoms with Crippen LogP contribution in [0.1, 0.15) is 37.8 Å². The minimum absolute atomic E-state index is 0.0562. The second kappa shape index (κ2) is 10.5. The summed E-state index contributed by atoms with van der Waals surface area (Å²) in [4.78, 5) is 29.8. The maximum atomic E-state index is 12.9. The Labute approximate surface area is 208 Å². The first-order valence-corrected chi connectivity index (χ1v) is 12.3. The van der Waals surface area contributed by atoms with Crippen molar-refractivity contribution in [1.82, 2.24) is 4.90 Å². The highest BCUT2D eigenvalue weighted by molar-refractivity contribution is 5.97. The highest BCUT2D eigenvalue weighted by Gasteiger charge is 2.28. The molecule has 7 nitrogen and oxygen atoms in total. The van der Waals surface area contributed by atoms with Crippen molar-refractivity contribution in [2.75, 3.05) is 42.7 Å². The molecule has 2 atom stereocenters. The van der Waals surface area contributed by atoms with Crippen molar-refractivity contribution < 1.29 is 14.3 Å². The van der Waals surface area contributed by atoms with Gasteiger partial charge in [-0.2, -0.15) is 0 Å². The van der Waals surface area contributed by atoms with Gasteiger partial charge < -0.3 is 25.2 Å². The summed E-state index contributed by atoms with van der Waals surface area (Å²) < 4.78 is 6.03. The van der Waals surface area contributed by atoms with E-state index in [1.807, 2.05) is 57.2 Å². The molecular formula is C28H36N4O3. The maximum Gasteiger partial charge on any atom is 0.265 e. The van der Waals surface area contributed by atoms with Crippen molar-refractivity contribution in [2.45, 2.75) is 45.8 Å². The summed E-state index contributed by atoms with van der Waals surface area (Å²) in [7, 11) is 4.25. The van der Waals surface area contributed by atoms with Crippen LogP contribution in [0.5, 0.6) is 0 Å². The maximum absolute atomic E-state index is 12.9. The number of carbonyl (C=O) groups is 2. The number of amides is 2. The average molecular weight is 477 g/mol. The van der Waals surface area contributed by atoms with Crippen molar-refractivity contribution in [1.29, 1.82) is 0 Å². The van der Waals surface area contributed by atoms with E-state index >= 15 is 0 Å². The van der Waals surface area contributed by atoms with E-state index < -0.39 is 6.10 Å². The third-order valence-corrected chi connectivity index (χ3v) is 6.70. The number of aryl methyl sites for hydroxylation is 1. The van der Waals surface area contributed by atoms with Gasteiger partial charge in [-0.1, -0.05) is 19.9 Å². The molecular weight excluding hydrogens is 440 g/mol. The lowest BCUT2D eigenvalue weighted by atomic mass is 10.1. The lowest BCUT2D eigenvalue weighted by Gasteiger charge is -2.22. The molecule has 35 heavy (non-hydrogen) atoms. The van der Waals surface area contributed by atoms with Gasteiger partial charge in [-0.05, 0) is 75.5 Å². The van der Waals surface area contributed by atoms with Crippen LogP contribution in [0.2, 0.25) is 0 Å². The van der Waals surface area contributed by atoms with Crippen molar-refractivity contribution in [3.8, 4) is 0 Å². The second-order valence-corrected chi connectivity index (χ2v) is 9.99. The van der Waals surface area contributed by atoms with Crippen LogP contribution in [-0.2, 0) is 14.3 Å². The summed E-state index contributed by atoms with van der Waals surface area (Å²) in [6.07, 6.45) is 2.94. The number of anilines is 3. The Morgan fingerprint density at radius 1 is 1.09 bits per heavy atom. The zero-order valence-corrected chi connectivity index (χ0v) is 21.3. The molecule has 0 bridgehead atoms. The molecule has 2 aliphatic rings. The summed E-state index contributed by atoms with van der Waals surface area (Å²) in [5, 5.41) is 5.96. The highest BCUT2D eigenvalue weighted by atomic mass is 16.5. The van der Waals surface area contributed by atoms with Gasteiger partial charge in [-0.15, -0.1) is 0 Å². The van der Waals surface area contributed by atoms with Gasteiger partial charge in [-0.25, -0.2) is 0 Å². The van der Waals surface area contributed by atoms with Crippen LogP contribution in [0.3, 0.4) is 0 Å². The molecule has 0 radical (unpaired) electrons. The number of likely N-dealkylation sites (N-methyl/N-ethyl adjacent to an activating group) is 1. The second-order valence-electron chi connectivity index (χ2n) is 9.99. The quantitative estimate of drug-likeness (QED) is 0.616. The Morgan fingerprint density at radius 3 is 2.49 bits per heavy atom. The monoisotopic (exact) mass is 476 g/mol. The first-order valence-electron chi connectivity index (χ1n) is 12.3. The van der Waals surface area contributed by atoms with Gasteiger partial charge in [0.05, 0.1) is 5.69 Å². The number of nitrogens with one attached hydrogen (secondary N) is 2. The van der Waals surface area contributed by atoms with Gasteiger partial charge in [0.15, 0.2) is 6.10 Å². The Kier molecular flexibility index (Phi) is 7.45. The number of ether oxygens (including phenoxy) is 1. The van der Waals surface area contributed by atoms with Crippen molar-refractivity contribution in [3.05, 3.63) is 59.7 Å². The van der Waals surface area contributed by atoms with Crippen LogP contribution in [0.4, 0.5) is 17.1 Å². The third kappa shape index (κ3) is 5.85. The van der Waals surface area contributed by atoms with Crippen molar-refractivity contribution in [3.63, 3.8) is 0 Å². The summed E-state index contributed by atoms with van der Waals surface area (Å²) in [6.45, 7) is 7.74. The fraction of sp³-hybridized carbons (Fsp3) is 0.429. The topological polar surface area (TPSA) is 73.9 Å². The Bertz CT molecular complexity index is 1110. The van der Waals surface area contributed by atoms with Gasteiger partial charge in [-0.3, -0.25) is 9.59 Å². The fourth-order valence-electron chi connectivity index (χ4n) is 4.43. The largest absolute Gasteiger partial charge is 0.480 e. The lowest BCUT2D eigenvalue weighted by molar-refractivity contribution is -0.123. The molecule has 0 aromatic heterocycles. The number of benzene rings is 2.